The predicted molar refractivity (Wildman–Crippen MR) is 57.1 cm³/mol. The molecule has 76 valence electrons. The van der Waals surface area contributed by atoms with E-state index in [0.717, 1.165) is 17.5 Å². The minimum atomic E-state index is -0.238. The topological polar surface area (TPSA) is 46.2 Å². The van der Waals surface area contributed by atoms with Gasteiger partial charge in [-0.2, -0.15) is 0 Å². The Hall–Kier alpha value is -1.02. The maximum atomic E-state index is 9.61. The lowest BCUT2D eigenvalue weighted by Gasteiger charge is -2.16. The summed E-state index contributed by atoms with van der Waals surface area (Å²) in [4.78, 5) is 0. The molecule has 0 heterocycles. The quantitative estimate of drug-likeness (QED) is 0.715. The summed E-state index contributed by atoms with van der Waals surface area (Å²) in [5, 5.41) is 9.61. The van der Waals surface area contributed by atoms with E-state index in [1.807, 2.05) is 19.1 Å². The van der Waals surface area contributed by atoms with Gasteiger partial charge in [-0.25, -0.2) is 0 Å². The van der Waals surface area contributed by atoms with E-state index in [2.05, 4.69) is 13.8 Å². The highest BCUT2D eigenvalue weighted by atomic mass is 16.3. The Balaban J connectivity index is 2.40. The maximum Gasteiger partial charge on any atom is 0.118 e. The fourth-order valence-electron chi connectivity index (χ4n) is 2.03. The summed E-state index contributed by atoms with van der Waals surface area (Å²) in [6.07, 6.45) is 0.989. The zero-order chi connectivity index (χ0) is 10.6. The zero-order valence-corrected chi connectivity index (χ0v) is 8.96. The molecule has 2 nitrogen and oxygen atoms in total. The number of aromatic hydroxyl groups is 1. The molecule has 1 aliphatic rings. The highest BCUT2D eigenvalue weighted by Crippen LogP contribution is 2.60. The zero-order valence-electron chi connectivity index (χ0n) is 8.96. The molecule has 2 rings (SSSR count). The molecule has 0 bridgehead atoms. The van der Waals surface area contributed by atoms with Crippen molar-refractivity contribution in [1.29, 1.82) is 0 Å². The first-order valence-electron chi connectivity index (χ1n) is 4.96. The van der Waals surface area contributed by atoms with Crippen LogP contribution in [0, 0.1) is 12.3 Å². The molecule has 0 aliphatic heterocycles. The molecule has 0 radical (unpaired) electrons. The summed E-state index contributed by atoms with van der Waals surface area (Å²) >= 11 is 0. The van der Waals surface area contributed by atoms with Crippen molar-refractivity contribution in [2.45, 2.75) is 32.7 Å². The fraction of sp³-hybridized carbons (Fsp3) is 0.500. The number of benzene rings is 1. The van der Waals surface area contributed by atoms with Gasteiger partial charge in [-0.05, 0) is 36.0 Å². The highest BCUT2D eigenvalue weighted by Gasteiger charge is 2.59. The standard InChI is InChI=1S/C12H17NO/c1-8-4-5-9(6-10(8)14)12(13)7-11(12,2)3/h4-6,14H,7,13H2,1-3H3. The van der Waals surface area contributed by atoms with Crippen molar-refractivity contribution < 1.29 is 5.11 Å². The van der Waals surface area contributed by atoms with Gasteiger partial charge in [-0.3, -0.25) is 0 Å². The molecule has 14 heavy (non-hydrogen) atoms. The normalized spacial score (nSPS) is 28.9. The van der Waals surface area contributed by atoms with Gasteiger partial charge in [-0.15, -0.1) is 0 Å². The second-order valence-electron chi connectivity index (χ2n) is 5.03. The molecule has 0 spiro atoms. The smallest absolute Gasteiger partial charge is 0.118 e. The minimum Gasteiger partial charge on any atom is -0.508 e. The molecule has 1 fully saturated rings. The number of rotatable bonds is 1. The Morgan fingerprint density at radius 2 is 1.93 bits per heavy atom. The summed E-state index contributed by atoms with van der Waals surface area (Å²) in [7, 11) is 0. The van der Waals surface area contributed by atoms with E-state index in [-0.39, 0.29) is 11.0 Å². The van der Waals surface area contributed by atoms with E-state index in [1.165, 1.54) is 0 Å². The number of hydrogen-bond donors (Lipinski definition) is 2. The van der Waals surface area contributed by atoms with Crippen LogP contribution in [-0.4, -0.2) is 5.11 Å². The van der Waals surface area contributed by atoms with Crippen LogP contribution in [0.2, 0.25) is 0 Å². The summed E-state index contributed by atoms with van der Waals surface area (Å²) in [6.45, 7) is 6.20. The van der Waals surface area contributed by atoms with Gasteiger partial charge in [0.15, 0.2) is 0 Å². The largest absolute Gasteiger partial charge is 0.508 e. The van der Waals surface area contributed by atoms with Crippen molar-refractivity contribution in [3.05, 3.63) is 29.3 Å². The molecule has 1 unspecified atom stereocenters. The Morgan fingerprint density at radius 1 is 1.36 bits per heavy atom. The Morgan fingerprint density at radius 3 is 2.36 bits per heavy atom. The van der Waals surface area contributed by atoms with E-state index >= 15 is 0 Å². The van der Waals surface area contributed by atoms with Gasteiger partial charge >= 0.3 is 0 Å². The third-order valence-corrected chi connectivity index (χ3v) is 3.53. The first-order chi connectivity index (χ1) is 6.37. The van der Waals surface area contributed by atoms with Crippen LogP contribution < -0.4 is 5.73 Å². The summed E-state index contributed by atoms with van der Waals surface area (Å²) in [5.74, 6) is 0.343. The third-order valence-electron chi connectivity index (χ3n) is 3.53. The summed E-state index contributed by atoms with van der Waals surface area (Å²) < 4.78 is 0. The van der Waals surface area contributed by atoms with Gasteiger partial charge in [0.1, 0.15) is 5.75 Å². The van der Waals surface area contributed by atoms with E-state index in [0.29, 0.717) is 5.75 Å². The van der Waals surface area contributed by atoms with Crippen LogP contribution in [0.3, 0.4) is 0 Å². The van der Waals surface area contributed by atoms with Crippen molar-refractivity contribution in [2.75, 3.05) is 0 Å². The molecule has 2 heteroatoms. The molecule has 0 aromatic heterocycles. The summed E-state index contributed by atoms with van der Waals surface area (Å²) in [5.41, 5.74) is 8.12. The van der Waals surface area contributed by atoms with Crippen LogP contribution in [0.15, 0.2) is 18.2 Å². The number of aryl methyl sites for hydroxylation is 1. The molecule has 1 aliphatic carbocycles. The SMILES string of the molecule is Cc1ccc(C2(N)CC2(C)C)cc1O. The van der Waals surface area contributed by atoms with Crippen LogP contribution in [0.1, 0.15) is 31.4 Å². The molecule has 3 N–H and O–H groups in total. The van der Waals surface area contributed by atoms with Crippen molar-refractivity contribution >= 4 is 0 Å². The first kappa shape index (κ1) is 9.53. The van der Waals surface area contributed by atoms with Crippen molar-refractivity contribution in [3.63, 3.8) is 0 Å². The summed E-state index contributed by atoms with van der Waals surface area (Å²) in [6, 6.07) is 5.74. The molecule has 0 amide bonds. The van der Waals surface area contributed by atoms with Gasteiger partial charge in [0.25, 0.3) is 0 Å². The monoisotopic (exact) mass is 191 g/mol. The Labute approximate surface area is 84.7 Å². The first-order valence-corrected chi connectivity index (χ1v) is 4.96. The second-order valence-corrected chi connectivity index (χ2v) is 5.03. The van der Waals surface area contributed by atoms with Crippen LogP contribution in [-0.2, 0) is 5.54 Å². The van der Waals surface area contributed by atoms with E-state index in [1.54, 1.807) is 6.07 Å². The number of phenols is 1. The third kappa shape index (κ3) is 1.14. The predicted octanol–water partition coefficient (Wildman–Crippen LogP) is 2.28. The van der Waals surface area contributed by atoms with Crippen molar-refractivity contribution in [1.82, 2.24) is 0 Å². The lowest BCUT2D eigenvalue weighted by Crippen LogP contribution is -2.25. The molecule has 1 aromatic rings. The lowest BCUT2D eigenvalue weighted by molar-refractivity contribution is 0.464. The van der Waals surface area contributed by atoms with E-state index < -0.39 is 0 Å². The highest BCUT2D eigenvalue weighted by molar-refractivity contribution is 5.43. The average molecular weight is 191 g/mol. The maximum absolute atomic E-state index is 9.61. The molecule has 1 saturated carbocycles. The Bertz CT molecular complexity index is 384. The number of hydrogen-bond acceptors (Lipinski definition) is 2. The fourth-order valence-corrected chi connectivity index (χ4v) is 2.03. The molecule has 1 aromatic carbocycles. The molecule has 0 saturated heterocycles. The lowest BCUT2D eigenvalue weighted by atomic mass is 9.96. The minimum absolute atomic E-state index is 0.161. The van der Waals surface area contributed by atoms with E-state index in [9.17, 15) is 5.11 Å². The van der Waals surface area contributed by atoms with Crippen molar-refractivity contribution in [2.24, 2.45) is 11.1 Å². The van der Waals surface area contributed by atoms with Gasteiger partial charge in [0.05, 0.1) is 0 Å². The number of phenolic OH excluding ortho intramolecular Hbond substituents is 1. The average Bonchev–Trinajstić information content (AvgIpc) is 2.58. The van der Waals surface area contributed by atoms with Crippen LogP contribution in [0.25, 0.3) is 0 Å². The van der Waals surface area contributed by atoms with Crippen LogP contribution >= 0.6 is 0 Å². The molecular weight excluding hydrogens is 174 g/mol. The van der Waals surface area contributed by atoms with Gasteiger partial charge < -0.3 is 10.8 Å². The molecular formula is C12H17NO. The van der Waals surface area contributed by atoms with E-state index in [4.69, 9.17) is 5.73 Å². The van der Waals surface area contributed by atoms with Gasteiger partial charge in [0.2, 0.25) is 0 Å². The van der Waals surface area contributed by atoms with Crippen LogP contribution in [0.4, 0.5) is 0 Å². The molecule has 1 atom stereocenters. The van der Waals surface area contributed by atoms with Crippen LogP contribution in [0.5, 0.6) is 5.75 Å². The van der Waals surface area contributed by atoms with Crippen molar-refractivity contribution in [3.8, 4) is 5.75 Å². The Kier molecular flexibility index (Phi) is 1.71. The van der Waals surface area contributed by atoms with Gasteiger partial charge in [0, 0.05) is 5.54 Å². The van der Waals surface area contributed by atoms with Gasteiger partial charge in [-0.1, -0.05) is 26.0 Å². The second kappa shape index (κ2) is 2.51. The number of nitrogens with two attached hydrogens (primary N) is 1.